The van der Waals surface area contributed by atoms with Gasteiger partial charge in [-0.15, -0.1) is 0 Å². The van der Waals surface area contributed by atoms with Gasteiger partial charge in [0, 0.05) is 18.3 Å². The van der Waals surface area contributed by atoms with Crippen molar-refractivity contribution < 1.29 is 27.5 Å². The molecule has 3 aromatic rings. The SMILES string of the molecule is CC(NC(=O)C1CN(C(=O)OC(C)(C)C)c2c(-c3ccc(C(F)(F)F)cc3)cnn2C1)c1ccccn1. The molecule has 196 valence electrons. The number of halogens is 3. The molecule has 2 unspecified atom stereocenters. The molecule has 2 amide bonds. The van der Waals surface area contributed by atoms with Crippen LogP contribution in [0.1, 0.15) is 45.0 Å². The number of anilines is 1. The number of alkyl halides is 3. The molecule has 0 saturated heterocycles. The molecule has 0 saturated carbocycles. The molecule has 1 aliphatic rings. The number of aromatic nitrogens is 3. The van der Waals surface area contributed by atoms with Gasteiger partial charge in [-0.1, -0.05) is 18.2 Å². The number of hydrogen-bond acceptors (Lipinski definition) is 5. The van der Waals surface area contributed by atoms with Crippen LogP contribution in [-0.2, 0) is 22.3 Å². The summed E-state index contributed by atoms with van der Waals surface area (Å²) in [6, 6.07) is 9.69. The van der Waals surface area contributed by atoms with Crippen molar-refractivity contribution in [1.29, 1.82) is 0 Å². The highest BCUT2D eigenvalue weighted by Gasteiger charge is 2.38. The Hall–Kier alpha value is -3.89. The fraction of sp³-hybridized carbons (Fsp3) is 0.385. The number of amides is 2. The lowest BCUT2D eigenvalue weighted by molar-refractivity contribution is -0.137. The molecule has 0 fully saturated rings. The first kappa shape index (κ1) is 26.2. The molecule has 11 heteroatoms. The van der Waals surface area contributed by atoms with E-state index in [0.717, 1.165) is 12.1 Å². The molecule has 37 heavy (non-hydrogen) atoms. The van der Waals surface area contributed by atoms with E-state index >= 15 is 0 Å². The highest BCUT2D eigenvalue weighted by molar-refractivity contribution is 5.94. The summed E-state index contributed by atoms with van der Waals surface area (Å²) in [6.07, 6.45) is -2.03. The first-order valence-electron chi connectivity index (χ1n) is 11.8. The summed E-state index contributed by atoms with van der Waals surface area (Å²) in [5.41, 5.74) is 0.0222. The topological polar surface area (TPSA) is 89.4 Å². The maximum Gasteiger partial charge on any atom is 0.416 e. The van der Waals surface area contributed by atoms with Crippen molar-refractivity contribution in [1.82, 2.24) is 20.1 Å². The molecular formula is C26H28F3N5O3. The lowest BCUT2D eigenvalue weighted by Gasteiger charge is -2.35. The number of nitrogens with zero attached hydrogens (tertiary/aromatic N) is 4. The van der Waals surface area contributed by atoms with Gasteiger partial charge in [-0.25, -0.2) is 9.48 Å². The van der Waals surface area contributed by atoms with E-state index < -0.39 is 29.4 Å². The Kier molecular flexibility index (Phi) is 6.98. The van der Waals surface area contributed by atoms with Crippen LogP contribution in [0.25, 0.3) is 11.1 Å². The van der Waals surface area contributed by atoms with E-state index in [0.29, 0.717) is 22.6 Å². The van der Waals surface area contributed by atoms with E-state index in [2.05, 4.69) is 15.4 Å². The van der Waals surface area contributed by atoms with Crippen LogP contribution in [0.4, 0.5) is 23.8 Å². The molecule has 2 atom stereocenters. The molecule has 1 N–H and O–H groups in total. The van der Waals surface area contributed by atoms with E-state index in [1.165, 1.54) is 27.9 Å². The Morgan fingerprint density at radius 3 is 2.38 bits per heavy atom. The summed E-state index contributed by atoms with van der Waals surface area (Å²) in [5, 5.41) is 7.29. The predicted molar refractivity (Wildman–Crippen MR) is 131 cm³/mol. The number of rotatable bonds is 4. The number of ether oxygens (including phenoxy) is 1. The van der Waals surface area contributed by atoms with Gasteiger partial charge in [0.15, 0.2) is 0 Å². The lowest BCUT2D eigenvalue weighted by Crippen LogP contribution is -2.49. The Morgan fingerprint density at radius 2 is 1.78 bits per heavy atom. The number of carbonyl (C=O) groups excluding carboxylic acids is 2. The van der Waals surface area contributed by atoms with Gasteiger partial charge in [-0.05, 0) is 57.5 Å². The van der Waals surface area contributed by atoms with Gasteiger partial charge >= 0.3 is 12.3 Å². The number of fused-ring (bicyclic) bond motifs is 1. The van der Waals surface area contributed by atoms with Gasteiger partial charge < -0.3 is 10.1 Å². The molecular weight excluding hydrogens is 487 g/mol. The second kappa shape index (κ2) is 9.87. The average Bonchev–Trinajstić information content (AvgIpc) is 3.26. The first-order valence-corrected chi connectivity index (χ1v) is 11.8. The van der Waals surface area contributed by atoms with Crippen LogP contribution in [0.15, 0.2) is 54.9 Å². The maximum absolute atomic E-state index is 13.2. The van der Waals surface area contributed by atoms with Crippen molar-refractivity contribution in [2.24, 2.45) is 5.92 Å². The molecule has 0 aliphatic carbocycles. The minimum Gasteiger partial charge on any atom is -0.443 e. The van der Waals surface area contributed by atoms with Gasteiger partial charge in [0.1, 0.15) is 11.4 Å². The molecule has 1 aliphatic heterocycles. The summed E-state index contributed by atoms with van der Waals surface area (Å²) in [6.45, 7) is 7.17. The Labute approximate surface area is 212 Å². The largest absolute Gasteiger partial charge is 0.443 e. The minimum absolute atomic E-state index is 0.00894. The second-order valence-corrected chi connectivity index (χ2v) is 9.91. The summed E-state index contributed by atoms with van der Waals surface area (Å²) < 4.78 is 46.3. The standard InChI is InChI=1S/C26H28F3N5O3/c1-16(21-7-5-6-12-30-21)32-22(35)18-14-33(24(36)37-25(2,3)4)23-20(13-31-34(23)15-18)17-8-10-19(11-9-17)26(27,28)29/h5-13,16,18H,14-15H2,1-4H3,(H,32,35). The van der Waals surface area contributed by atoms with Crippen LogP contribution in [0, 0.1) is 5.92 Å². The summed E-state index contributed by atoms with van der Waals surface area (Å²) >= 11 is 0. The number of benzene rings is 1. The highest BCUT2D eigenvalue weighted by Crippen LogP contribution is 2.37. The Morgan fingerprint density at radius 1 is 1.08 bits per heavy atom. The van der Waals surface area contributed by atoms with Crippen molar-refractivity contribution >= 4 is 17.8 Å². The summed E-state index contributed by atoms with van der Waals surface area (Å²) in [5.74, 6) is -0.577. The molecule has 8 nitrogen and oxygen atoms in total. The second-order valence-electron chi connectivity index (χ2n) is 9.91. The van der Waals surface area contributed by atoms with Crippen molar-refractivity contribution in [2.75, 3.05) is 11.4 Å². The molecule has 0 bridgehead atoms. The zero-order valence-electron chi connectivity index (χ0n) is 20.9. The lowest BCUT2D eigenvalue weighted by atomic mass is 10.0. The van der Waals surface area contributed by atoms with Crippen LogP contribution >= 0.6 is 0 Å². The quantitative estimate of drug-likeness (QED) is 0.515. The van der Waals surface area contributed by atoms with E-state index in [1.807, 2.05) is 13.0 Å². The van der Waals surface area contributed by atoms with Crippen LogP contribution in [0.5, 0.6) is 0 Å². The minimum atomic E-state index is -4.47. The normalized spacial score (nSPS) is 16.6. The van der Waals surface area contributed by atoms with Crippen molar-refractivity contribution in [2.45, 2.75) is 52.1 Å². The zero-order valence-corrected chi connectivity index (χ0v) is 20.9. The van der Waals surface area contributed by atoms with Gasteiger partial charge in [0.25, 0.3) is 0 Å². The van der Waals surface area contributed by atoms with Gasteiger partial charge in [-0.2, -0.15) is 18.3 Å². The van der Waals surface area contributed by atoms with Crippen LogP contribution in [-0.4, -0.2) is 38.9 Å². The molecule has 3 heterocycles. The van der Waals surface area contributed by atoms with Crippen LogP contribution in [0.3, 0.4) is 0 Å². The molecule has 0 radical (unpaired) electrons. The zero-order chi connectivity index (χ0) is 27.0. The molecule has 1 aromatic carbocycles. The molecule has 4 rings (SSSR count). The number of carbonyl (C=O) groups is 2. The molecule has 0 spiro atoms. The van der Waals surface area contributed by atoms with E-state index in [9.17, 15) is 22.8 Å². The number of pyridine rings is 1. The summed E-state index contributed by atoms with van der Waals surface area (Å²) in [7, 11) is 0. The fourth-order valence-corrected chi connectivity index (χ4v) is 4.09. The average molecular weight is 516 g/mol. The first-order chi connectivity index (χ1) is 17.3. The summed E-state index contributed by atoms with van der Waals surface area (Å²) in [4.78, 5) is 32.0. The third-order valence-corrected chi connectivity index (χ3v) is 5.86. The van der Waals surface area contributed by atoms with E-state index in [4.69, 9.17) is 4.74 Å². The Balaban J connectivity index is 1.65. The van der Waals surface area contributed by atoms with Crippen LogP contribution in [0.2, 0.25) is 0 Å². The van der Waals surface area contributed by atoms with E-state index in [-0.39, 0.29) is 25.0 Å². The number of nitrogens with one attached hydrogen (secondary N) is 1. The smallest absolute Gasteiger partial charge is 0.416 e. The Bertz CT molecular complexity index is 1270. The monoisotopic (exact) mass is 515 g/mol. The van der Waals surface area contributed by atoms with Gasteiger partial charge in [0.05, 0.1) is 36.0 Å². The van der Waals surface area contributed by atoms with Gasteiger partial charge in [-0.3, -0.25) is 14.7 Å². The fourth-order valence-electron chi connectivity index (χ4n) is 4.09. The maximum atomic E-state index is 13.2. The van der Waals surface area contributed by atoms with E-state index in [1.54, 1.807) is 39.1 Å². The van der Waals surface area contributed by atoms with Crippen molar-refractivity contribution in [3.8, 4) is 11.1 Å². The number of hydrogen-bond donors (Lipinski definition) is 1. The molecule has 2 aromatic heterocycles. The van der Waals surface area contributed by atoms with Crippen LogP contribution < -0.4 is 10.2 Å². The highest BCUT2D eigenvalue weighted by atomic mass is 19.4. The third-order valence-electron chi connectivity index (χ3n) is 5.86. The van der Waals surface area contributed by atoms with Crippen molar-refractivity contribution in [3.05, 3.63) is 66.1 Å². The predicted octanol–water partition coefficient (Wildman–Crippen LogP) is 5.21. The third kappa shape index (κ3) is 5.92. The van der Waals surface area contributed by atoms with Crippen molar-refractivity contribution in [3.63, 3.8) is 0 Å². The van der Waals surface area contributed by atoms with Gasteiger partial charge in [0.2, 0.25) is 5.91 Å².